The van der Waals surface area contributed by atoms with Crippen LogP contribution < -0.4 is 5.32 Å². The minimum atomic E-state index is -0.700. The van der Waals surface area contributed by atoms with Crippen molar-refractivity contribution >= 4 is 23.6 Å². The Hall–Kier alpha value is -3.13. The highest BCUT2D eigenvalue weighted by Gasteiger charge is 2.24. The van der Waals surface area contributed by atoms with Gasteiger partial charge in [-0.2, -0.15) is 11.8 Å². The monoisotopic (exact) mass is 497 g/mol. The number of nitrogens with one attached hydrogen (secondary N) is 1. The second-order valence-corrected chi connectivity index (χ2v) is 9.69. The summed E-state index contributed by atoms with van der Waals surface area (Å²) in [7, 11) is 0. The SMILES string of the molecule is CSCC[C@H](NC(=O)c1cccc(CC(Cn2ccnc2)c2ccc(F)cc2)c1)C(=O)OC(C)C. The zero-order chi connectivity index (χ0) is 25.2. The molecular weight excluding hydrogens is 465 g/mol. The van der Waals surface area contributed by atoms with Gasteiger partial charge in [-0.1, -0.05) is 24.3 Å². The van der Waals surface area contributed by atoms with Crippen LogP contribution in [0.4, 0.5) is 4.39 Å². The average molecular weight is 498 g/mol. The Kier molecular flexibility index (Phi) is 9.90. The molecule has 6 nitrogen and oxygen atoms in total. The first-order valence-corrected chi connectivity index (χ1v) is 13.1. The molecule has 186 valence electrons. The van der Waals surface area contributed by atoms with Crippen molar-refractivity contribution in [3.05, 3.63) is 89.8 Å². The summed E-state index contributed by atoms with van der Waals surface area (Å²) in [6, 6.07) is 13.2. The fraction of sp³-hybridized carbons (Fsp3) is 0.370. The van der Waals surface area contributed by atoms with Gasteiger partial charge in [-0.25, -0.2) is 14.2 Å². The number of aromatic nitrogens is 2. The number of ether oxygens (including phenoxy) is 1. The molecule has 1 heterocycles. The van der Waals surface area contributed by atoms with E-state index in [0.29, 0.717) is 24.9 Å². The normalized spacial score (nSPS) is 12.8. The number of nitrogens with zero attached hydrogens (tertiary/aromatic N) is 2. The van der Waals surface area contributed by atoms with Crippen molar-refractivity contribution in [2.75, 3.05) is 12.0 Å². The van der Waals surface area contributed by atoms with E-state index in [1.54, 1.807) is 56.3 Å². The summed E-state index contributed by atoms with van der Waals surface area (Å²) in [5.74, 6) is -0.229. The van der Waals surface area contributed by atoms with Crippen LogP contribution in [0.2, 0.25) is 0 Å². The molecule has 3 rings (SSSR count). The molecule has 0 spiro atoms. The minimum absolute atomic E-state index is 0.0541. The number of thioether (sulfide) groups is 1. The number of esters is 1. The van der Waals surface area contributed by atoms with Gasteiger partial charge < -0.3 is 14.6 Å². The number of rotatable bonds is 12. The van der Waals surface area contributed by atoms with Crippen LogP contribution in [-0.4, -0.2) is 45.6 Å². The summed E-state index contributed by atoms with van der Waals surface area (Å²) < 4.78 is 20.8. The number of imidazole rings is 1. The third kappa shape index (κ3) is 8.24. The Morgan fingerprint density at radius 1 is 1.17 bits per heavy atom. The number of hydrogen-bond acceptors (Lipinski definition) is 5. The maximum absolute atomic E-state index is 13.5. The number of carbonyl (C=O) groups is 2. The molecule has 0 aliphatic heterocycles. The lowest BCUT2D eigenvalue weighted by atomic mass is 9.91. The quantitative estimate of drug-likeness (QED) is 0.362. The van der Waals surface area contributed by atoms with Crippen LogP contribution in [0.1, 0.15) is 47.7 Å². The van der Waals surface area contributed by atoms with E-state index in [2.05, 4.69) is 10.3 Å². The summed E-state index contributed by atoms with van der Waals surface area (Å²) in [6.07, 6.45) is 8.23. The molecule has 0 aliphatic rings. The maximum Gasteiger partial charge on any atom is 0.328 e. The van der Waals surface area contributed by atoms with Gasteiger partial charge in [-0.05, 0) is 74.1 Å². The van der Waals surface area contributed by atoms with E-state index in [4.69, 9.17) is 4.74 Å². The third-order valence-corrected chi connectivity index (χ3v) is 6.20. The molecular formula is C27H32FN3O3S. The predicted octanol–water partition coefficient (Wildman–Crippen LogP) is 4.85. The van der Waals surface area contributed by atoms with Crippen molar-refractivity contribution in [1.82, 2.24) is 14.9 Å². The van der Waals surface area contributed by atoms with Crippen LogP contribution in [0.15, 0.2) is 67.3 Å². The van der Waals surface area contributed by atoms with Crippen LogP contribution in [0.3, 0.4) is 0 Å². The Labute approximate surface area is 210 Å². The van der Waals surface area contributed by atoms with E-state index in [1.165, 1.54) is 12.1 Å². The lowest BCUT2D eigenvalue weighted by Gasteiger charge is -2.20. The zero-order valence-electron chi connectivity index (χ0n) is 20.3. The van der Waals surface area contributed by atoms with E-state index in [0.717, 1.165) is 16.9 Å². The van der Waals surface area contributed by atoms with Crippen molar-refractivity contribution in [1.29, 1.82) is 0 Å². The van der Waals surface area contributed by atoms with Gasteiger partial charge in [0.1, 0.15) is 11.9 Å². The second-order valence-electron chi connectivity index (χ2n) is 8.71. The highest BCUT2D eigenvalue weighted by atomic mass is 32.2. The van der Waals surface area contributed by atoms with E-state index in [-0.39, 0.29) is 23.7 Å². The predicted molar refractivity (Wildman–Crippen MR) is 137 cm³/mol. The lowest BCUT2D eigenvalue weighted by Crippen LogP contribution is -2.43. The molecule has 1 unspecified atom stereocenters. The van der Waals surface area contributed by atoms with Gasteiger partial charge >= 0.3 is 5.97 Å². The molecule has 2 aromatic carbocycles. The van der Waals surface area contributed by atoms with Crippen LogP contribution in [0.5, 0.6) is 0 Å². The van der Waals surface area contributed by atoms with Gasteiger partial charge in [0.05, 0.1) is 12.4 Å². The van der Waals surface area contributed by atoms with Gasteiger partial charge in [-0.3, -0.25) is 4.79 Å². The van der Waals surface area contributed by atoms with E-state index in [1.807, 2.05) is 35.2 Å². The molecule has 0 bridgehead atoms. The summed E-state index contributed by atoms with van der Waals surface area (Å²) >= 11 is 1.61. The highest BCUT2D eigenvalue weighted by Crippen LogP contribution is 2.24. The molecule has 2 atom stereocenters. The van der Waals surface area contributed by atoms with Gasteiger partial charge in [0.15, 0.2) is 0 Å². The smallest absolute Gasteiger partial charge is 0.328 e. The molecule has 0 radical (unpaired) electrons. The number of halogens is 1. The largest absolute Gasteiger partial charge is 0.461 e. The molecule has 1 N–H and O–H groups in total. The van der Waals surface area contributed by atoms with Crippen molar-refractivity contribution in [2.45, 2.75) is 51.3 Å². The molecule has 3 aromatic rings. The first-order valence-electron chi connectivity index (χ1n) is 11.7. The number of carbonyl (C=O) groups excluding carboxylic acids is 2. The molecule has 8 heteroatoms. The standard InChI is InChI=1S/C27H32FN3O3S/c1-19(2)34-27(33)25(11-14-35-3)30-26(32)22-6-4-5-20(15-22)16-23(17-31-13-12-29-18-31)21-7-9-24(28)10-8-21/h4-10,12-13,15,18-19,23,25H,11,14,16-17H2,1-3H3,(H,30,32)/t23?,25-/m0/s1. The number of hydrogen-bond donors (Lipinski definition) is 1. The van der Waals surface area contributed by atoms with Gasteiger partial charge in [-0.15, -0.1) is 0 Å². The first kappa shape index (κ1) is 26.5. The Bertz CT molecular complexity index is 1090. The van der Waals surface area contributed by atoms with Gasteiger partial charge in [0.25, 0.3) is 5.91 Å². The number of amides is 1. The van der Waals surface area contributed by atoms with Crippen molar-refractivity contribution in [3.8, 4) is 0 Å². The molecule has 0 saturated carbocycles. The highest BCUT2D eigenvalue weighted by molar-refractivity contribution is 7.98. The maximum atomic E-state index is 13.5. The van der Waals surface area contributed by atoms with Crippen LogP contribution in [-0.2, 0) is 22.5 Å². The second kappa shape index (κ2) is 13.1. The Morgan fingerprint density at radius 2 is 1.94 bits per heavy atom. The minimum Gasteiger partial charge on any atom is -0.461 e. The fourth-order valence-corrected chi connectivity index (χ4v) is 4.31. The zero-order valence-corrected chi connectivity index (χ0v) is 21.1. The molecule has 1 amide bonds. The first-order chi connectivity index (χ1) is 16.9. The average Bonchev–Trinajstić information content (AvgIpc) is 3.34. The van der Waals surface area contributed by atoms with E-state index < -0.39 is 12.0 Å². The Balaban J connectivity index is 1.76. The van der Waals surface area contributed by atoms with Gasteiger partial charge in [0.2, 0.25) is 0 Å². The molecule has 0 fully saturated rings. The topological polar surface area (TPSA) is 73.2 Å². The molecule has 0 saturated heterocycles. The van der Waals surface area contributed by atoms with E-state index >= 15 is 0 Å². The molecule has 1 aromatic heterocycles. The summed E-state index contributed by atoms with van der Waals surface area (Å²) in [5, 5.41) is 2.85. The fourth-order valence-electron chi connectivity index (χ4n) is 3.84. The van der Waals surface area contributed by atoms with Crippen LogP contribution in [0.25, 0.3) is 0 Å². The number of benzene rings is 2. The molecule has 0 aliphatic carbocycles. The summed E-state index contributed by atoms with van der Waals surface area (Å²) in [4.78, 5) is 29.6. The van der Waals surface area contributed by atoms with Gasteiger partial charge in [0, 0.05) is 30.4 Å². The van der Waals surface area contributed by atoms with E-state index in [9.17, 15) is 14.0 Å². The van der Waals surface area contributed by atoms with Crippen molar-refractivity contribution in [3.63, 3.8) is 0 Å². The van der Waals surface area contributed by atoms with Crippen LogP contribution in [0, 0.1) is 5.82 Å². The Morgan fingerprint density at radius 3 is 2.60 bits per heavy atom. The summed E-state index contributed by atoms with van der Waals surface area (Å²) in [5.41, 5.74) is 2.45. The van der Waals surface area contributed by atoms with Crippen LogP contribution >= 0.6 is 11.8 Å². The van der Waals surface area contributed by atoms with Crippen molar-refractivity contribution < 1.29 is 18.7 Å². The lowest BCUT2D eigenvalue weighted by molar-refractivity contribution is -0.149. The third-order valence-electron chi connectivity index (χ3n) is 5.56. The van der Waals surface area contributed by atoms with Crippen molar-refractivity contribution in [2.24, 2.45) is 0 Å². The molecule has 35 heavy (non-hydrogen) atoms. The summed E-state index contributed by atoms with van der Waals surface area (Å²) in [6.45, 7) is 4.24.